The van der Waals surface area contributed by atoms with Crippen molar-refractivity contribution in [2.75, 3.05) is 6.61 Å². The third kappa shape index (κ3) is 3.57. The molecule has 0 heterocycles. The van der Waals surface area contributed by atoms with Gasteiger partial charge in [0, 0.05) is 6.42 Å². The summed E-state index contributed by atoms with van der Waals surface area (Å²) in [7, 11) is 0. The number of carbonyl (C=O) groups is 2. The normalized spacial score (nSPS) is 23.5. The van der Waals surface area contributed by atoms with Crippen molar-refractivity contribution in [3.63, 3.8) is 0 Å². The summed E-state index contributed by atoms with van der Waals surface area (Å²) in [6.07, 6.45) is 3.86. The zero-order chi connectivity index (χ0) is 11.3. The molecule has 2 atom stereocenters. The van der Waals surface area contributed by atoms with Gasteiger partial charge in [0.15, 0.2) is 0 Å². The Kier molecular flexibility index (Phi) is 4.66. The van der Waals surface area contributed by atoms with Crippen LogP contribution in [0.25, 0.3) is 0 Å². The van der Waals surface area contributed by atoms with E-state index in [0.717, 1.165) is 19.3 Å². The molecule has 0 bridgehead atoms. The predicted molar refractivity (Wildman–Crippen MR) is 57.1 cm³/mol. The zero-order valence-corrected chi connectivity index (χ0v) is 9.33. The quantitative estimate of drug-likeness (QED) is 0.528. The molecule has 0 amide bonds. The first-order chi connectivity index (χ1) is 7.15. The Labute approximate surface area is 91.2 Å². The van der Waals surface area contributed by atoms with E-state index in [2.05, 4.69) is 6.92 Å². The average molecular weight is 211 g/mol. The molecule has 3 nitrogen and oxygen atoms in total. The molecular formula is C12H19O3+. The molecule has 1 aliphatic rings. The lowest BCUT2D eigenvalue weighted by Crippen LogP contribution is -2.27. The van der Waals surface area contributed by atoms with Gasteiger partial charge >= 0.3 is 5.97 Å². The average Bonchev–Trinajstić information content (AvgIpc) is 2.18. The number of esters is 1. The van der Waals surface area contributed by atoms with Crippen molar-refractivity contribution in [2.45, 2.75) is 39.0 Å². The monoisotopic (exact) mass is 211 g/mol. The predicted octanol–water partition coefficient (Wildman–Crippen LogP) is 2.15. The Hall–Kier alpha value is -0.990. The summed E-state index contributed by atoms with van der Waals surface area (Å²) in [4.78, 5) is 22.8. The fourth-order valence-electron chi connectivity index (χ4n) is 2.08. The molecule has 15 heavy (non-hydrogen) atoms. The molecule has 0 saturated heterocycles. The maximum absolute atomic E-state index is 11.6. The number of hydrogen-bond acceptors (Lipinski definition) is 3. The first-order valence-electron chi connectivity index (χ1n) is 5.66. The van der Waals surface area contributed by atoms with E-state index < -0.39 is 0 Å². The summed E-state index contributed by atoms with van der Waals surface area (Å²) in [5.41, 5.74) is 0. The molecule has 0 aromatic carbocycles. The van der Waals surface area contributed by atoms with Crippen LogP contribution in [-0.4, -0.2) is 18.4 Å². The molecule has 0 spiro atoms. The molecular weight excluding hydrogens is 192 g/mol. The van der Waals surface area contributed by atoms with E-state index in [1.165, 1.54) is 0 Å². The molecule has 1 aliphatic carbocycles. The summed E-state index contributed by atoms with van der Waals surface area (Å²) in [5, 5.41) is 0. The summed E-state index contributed by atoms with van der Waals surface area (Å²) >= 11 is 0. The Morgan fingerprint density at radius 3 is 2.93 bits per heavy atom. The van der Waals surface area contributed by atoms with Crippen LogP contribution in [0.4, 0.5) is 0 Å². The molecule has 1 rings (SSSR count). The summed E-state index contributed by atoms with van der Waals surface area (Å²) in [6, 6.07) is 0. The van der Waals surface area contributed by atoms with Crippen LogP contribution in [-0.2, 0) is 14.3 Å². The maximum Gasteiger partial charge on any atom is 0.310 e. The molecule has 0 aliphatic heterocycles. The van der Waals surface area contributed by atoms with Gasteiger partial charge in [-0.15, -0.1) is 0 Å². The zero-order valence-electron chi connectivity index (χ0n) is 9.33. The van der Waals surface area contributed by atoms with E-state index >= 15 is 0 Å². The molecule has 0 radical (unpaired) electrons. The van der Waals surface area contributed by atoms with E-state index in [1.54, 1.807) is 6.92 Å². The highest BCUT2D eigenvalue weighted by molar-refractivity contribution is 5.82. The van der Waals surface area contributed by atoms with Crippen molar-refractivity contribution >= 4 is 11.8 Å². The van der Waals surface area contributed by atoms with Crippen LogP contribution in [0.5, 0.6) is 0 Å². The second-order valence-electron chi connectivity index (χ2n) is 4.09. The van der Waals surface area contributed by atoms with E-state index in [9.17, 15) is 9.59 Å². The highest BCUT2D eigenvalue weighted by atomic mass is 16.5. The minimum absolute atomic E-state index is 0.0249. The van der Waals surface area contributed by atoms with Crippen molar-refractivity contribution in [3.05, 3.63) is 6.92 Å². The van der Waals surface area contributed by atoms with Gasteiger partial charge in [-0.2, -0.15) is 0 Å². The molecule has 0 aromatic rings. The van der Waals surface area contributed by atoms with Crippen molar-refractivity contribution in [1.29, 1.82) is 0 Å². The number of ketones is 1. The smallest absolute Gasteiger partial charge is 0.310 e. The first kappa shape index (κ1) is 12.1. The number of carbonyl (C=O) groups excluding carboxylic acids is 2. The van der Waals surface area contributed by atoms with Gasteiger partial charge in [-0.1, -0.05) is 6.42 Å². The van der Waals surface area contributed by atoms with Gasteiger partial charge < -0.3 is 4.74 Å². The Bertz CT molecular complexity index is 235. The number of Topliss-reactive ketones (excluding diaryl/α,β-unsaturated/α-hetero) is 1. The van der Waals surface area contributed by atoms with Gasteiger partial charge in [0.1, 0.15) is 11.7 Å². The van der Waals surface area contributed by atoms with Crippen LogP contribution < -0.4 is 0 Å². The van der Waals surface area contributed by atoms with Crippen molar-refractivity contribution < 1.29 is 14.3 Å². The largest absolute Gasteiger partial charge is 0.466 e. The minimum atomic E-state index is -0.240. The third-order valence-electron chi connectivity index (χ3n) is 2.91. The Balaban J connectivity index is 2.41. The maximum atomic E-state index is 11.6. The van der Waals surface area contributed by atoms with Gasteiger partial charge in [0.25, 0.3) is 0 Å². The second kappa shape index (κ2) is 5.79. The standard InChI is InChI=1S/C12H19O3/c1-3-15-12(14)8-9(2)10-6-4-5-7-11(10)13/h9-10H,2-8H2,1H3/q+1. The van der Waals surface area contributed by atoms with Crippen LogP contribution in [0.15, 0.2) is 0 Å². The van der Waals surface area contributed by atoms with Crippen LogP contribution >= 0.6 is 0 Å². The SMILES string of the molecule is [CH2+]C(CC(=O)OCC)C1CCCCC1=O. The molecule has 1 fully saturated rings. The van der Waals surface area contributed by atoms with Gasteiger partial charge in [0.2, 0.25) is 0 Å². The van der Waals surface area contributed by atoms with Crippen LogP contribution in [0.3, 0.4) is 0 Å². The van der Waals surface area contributed by atoms with Crippen molar-refractivity contribution in [1.82, 2.24) is 0 Å². The summed E-state index contributed by atoms with van der Waals surface area (Å²) in [5.74, 6) is -0.110. The van der Waals surface area contributed by atoms with Crippen LogP contribution in [0, 0.1) is 18.8 Å². The fourth-order valence-corrected chi connectivity index (χ4v) is 2.08. The summed E-state index contributed by atoms with van der Waals surface area (Å²) in [6.45, 7) is 6.09. The topological polar surface area (TPSA) is 43.4 Å². The van der Waals surface area contributed by atoms with Crippen molar-refractivity contribution in [2.24, 2.45) is 11.8 Å². The van der Waals surface area contributed by atoms with Gasteiger partial charge in [-0.25, -0.2) is 0 Å². The van der Waals surface area contributed by atoms with E-state index in [1.807, 2.05) is 0 Å². The number of hydrogen-bond donors (Lipinski definition) is 0. The van der Waals surface area contributed by atoms with E-state index in [4.69, 9.17) is 4.74 Å². The van der Waals surface area contributed by atoms with Crippen LogP contribution in [0.2, 0.25) is 0 Å². The van der Waals surface area contributed by atoms with Gasteiger partial charge in [-0.3, -0.25) is 9.59 Å². The second-order valence-corrected chi connectivity index (χ2v) is 4.09. The van der Waals surface area contributed by atoms with E-state index in [0.29, 0.717) is 13.0 Å². The third-order valence-corrected chi connectivity index (χ3v) is 2.91. The van der Waals surface area contributed by atoms with Crippen LogP contribution in [0.1, 0.15) is 39.0 Å². The Morgan fingerprint density at radius 1 is 1.60 bits per heavy atom. The lowest BCUT2D eigenvalue weighted by Gasteiger charge is -2.21. The molecule has 0 aromatic heterocycles. The fraction of sp³-hybridized carbons (Fsp3) is 0.750. The lowest BCUT2D eigenvalue weighted by atomic mass is 9.78. The molecule has 1 saturated carbocycles. The molecule has 84 valence electrons. The molecule has 3 heteroatoms. The van der Waals surface area contributed by atoms with Gasteiger partial charge in [-0.05, 0) is 19.8 Å². The summed E-state index contributed by atoms with van der Waals surface area (Å²) < 4.78 is 4.85. The molecule has 2 unspecified atom stereocenters. The number of ether oxygens (including phenoxy) is 1. The first-order valence-corrected chi connectivity index (χ1v) is 5.66. The minimum Gasteiger partial charge on any atom is -0.466 e. The highest BCUT2D eigenvalue weighted by Crippen LogP contribution is 2.28. The number of rotatable bonds is 4. The molecule has 0 N–H and O–H groups in total. The van der Waals surface area contributed by atoms with Crippen molar-refractivity contribution in [3.8, 4) is 0 Å². The highest BCUT2D eigenvalue weighted by Gasteiger charge is 2.33. The van der Waals surface area contributed by atoms with E-state index in [-0.39, 0.29) is 30.0 Å². The lowest BCUT2D eigenvalue weighted by molar-refractivity contribution is -0.144. The Morgan fingerprint density at radius 2 is 2.33 bits per heavy atom. The van der Waals surface area contributed by atoms with Gasteiger partial charge in [0.05, 0.1) is 25.9 Å².